The fourth-order valence-corrected chi connectivity index (χ4v) is 2.87. The van der Waals surface area contributed by atoms with Gasteiger partial charge in [-0.25, -0.2) is 0 Å². The van der Waals surface area contributed by atoms with E-state index in [0.29, 0.717) is 17.8 Å². The molecule has 0 aromatic rings. The van der Waals surface area contributed by atoms with Crippen molar-refractivity contribution in [1.82, 2.24) is 0 Å². The van der Waals surface area contributed by atoms with E-state index in [-0.39, 0.29) is 5.41 Å². The van der Waals surface area contributed by atoms with E-state index < -0.39 is 0 Å². The van der Waals surface area contributed by atoms with E-state index >= 15 is 0 Å². The maximum atomic E-state index is 11.6. The van der Waals surface area contributed by atoms with E-state index in [0.717, 1.165) is 32.3 Å². The van der Waals surface area contributed by atoms with Crippen molar-refractivity contribution in [3.63, 3.8) is 0 Å². The molecule has 2 nitrogen and oxygen atoms in total. The van der Waals surface area contributed by atoms with Crippen molar-refractivity contribution >= 4 is 5.78 Å². The highest BCUT2D eigenvalue weighted by Gasteiger charge is 2.68. The third-order valence-electron chi connectivity index (χ3n) is 3.61. The molecule has 11 heavy (non-hydrogen) atoms. The normalized spacial score (nSPS) is 53.6. The lowest BCUT2D eigenvalue weighted by atomic mass is 9.82. The molecule has 0 aromatic carbocycles. The maximum absolute atomic E-state index is 11.6. The van der Waals surface area contributed by atoms with Crippen LogP contribution in [-0.2, 0) is 9.53 Å². The van der Waals surface area contributed by atoms with Gasteiger partial charge in [-0.1, -0.05) is 0 Å². The van der Waals surface area contributed by atoms with Crippen molar-refractivity contribution in [2.75, 3.05) is 6.61 Å². The molecule has 2 aliphatic carbocycles. The third-order valence-corrected chi connectivity index (χ3v) is 3.61. The monoisotopic (exact) mass is 152 g/mol. The number of rotatable bonds is 0. The first-order chi connectivity index (χ1) is 5.34. The number of carbonyl (C=O) groups is 1. The first-order valence-electron chi connectivity index (χ1n) is 4.49. The second-order valence-corrected chi connectivity index (χ2v) is 4.08. The lowest BCUT2D eigenvalue weighted by Gasteiger charge is -2.25. The highest BCUT2D eigenvalue weighted by atomic mass is 16.5. The van der Waals surface area contributed by atoms with Gasteiger partial charge in [0.1, 0.15) is 5.78 Å². The van der Waals surface area contributed by atoms with Gasteiger partial charge >= 0.3 is 0 Å². The lowest BCUT2D eigenvalue weighted by molar-refractivity contribution is -0.130. The van der Waals surface area contributed by atoms with Crippen LogP contribution in [0.15, 0.2) is 0 Å². The minimum Gasteiger partial charge on any atom is -0.377 e. The lowest BCUT2D eigenvalue weighted by Crippen LogP contribution is -2.33. The van der Waals surface area contributed by atoms with Gasteiger partial charge in [0.05, 0.1) is 18.1 Å². The summed E-state index contributed by atoms with van der Waals surface area (Å²) in [5, 5.41) is 0. The summed E-state index contributed by atoms with van der Waals surface area (Å²) in [4.78, 5) is 11.6. The first kappa shape index (κ1) is 6.18. The van der Waals surface area contributed by atoms with Gasteiger partial charge in [0.15, 0.2) is 0 Å². The number of ketones is 1. The summed E-state index contributed by atoms with van der Waals surface area (Å²) < 4.78 is 5.56. The zero-order valence-electron chi connectivity index (χ0n) is 6.51. The van der Waals surface area contributed by atoms with E-state index in [1.54, 1.807) is 0 Å². The van der Waals surface area contributed by atoms with Crippen LogP contribution < -0.4 is 0 Å². The SMILES string of the molecule is O=C1CCC[C@@H]2OC[C@@H]3C[C@@]132. The van der Waals surface area contributed by atoms with Gasteiger partial charge in [0, 0.05) is 6.42 Å². The fourth-order valence-electron chi connectivity index (χ4n) is 2.87. The molecule has 3 fully saturated rings. The van der Waals surface area contributed by atoms with Crippen LogP contribution in [0.25, 0.3) is 0 Å². The third kappa shape index (κ3) is 0.560. The van der Waals surface area contributed by atoms with Gasteiger partial charge in [-0.2, -0.15) is 0 Å². The van der Waals surface area contributed by atoms with Crippen LogP contribution in [0.5, 0.6) is 0 Å². The van der Waals surface area contributed by atoms with Gasteiger partial charge in [-0.15, -0.1) is 0 Å². The predicted molar refractivity (Wildman–Crippen MR) is 39.1 cm³/mol. The summed E-state index contributed by atoms with van der Waals surface area (Å²) in [6, 6.07) is 0. The molecule has 1 heterocycles. The average molecular weight is 152 g/mol. The van der Waals surface area contributed by atoms with Gasteiger partial charge in [-0.05, 0) is 25.2 Å². The average Bonchev–Trinajstić information content (AvgIpc) is 2.62. The molecule has 1 aliphatic heterocycles. The van der Waals surface area contributed by atoms with E-state index in [9.17, 15) is 4.79 Å². The van der Waals surface area contributed by atoms with Crippen LogP contribution in [0.1, 0.15) is 25.7 Å². The molecule has 2 saturated carbocycles. The molecule has 3 atom stereocenters. The molecular weight excluding hydrogens is 140 g/mol. The number of hydrogen-bond donors (Lipinski definition) is 0. The molecule has 0 bridgehead atoms. The Bertz CT molecular complexity index is 224. The van der Waals surface area contributed by atoms with E-state index in [1.807, 2.05) is 0 Å². The van der Waals surface area contributed by atoms with Crippen molar-refractivity contribution in [3.8, 4) is 0 Å². The van der Waals surface area contributed by atoms with Gasteiger partial charge in [0.25, 0.3) is 0 Å². The van der Waals surface area contributed by atoms with Crippen LogP contribution in [0.3, 0.4) is 0 Å². The minimum atomic E-state index is 0.0538. The summed E-state index contributed by atoms with van der Waals surface area (Å²) >= 11 is 0. The van der Waals surface area contributed by atoms with Gasteiger partial charge in [0.2, 0.25) is 0 Å². The quantitative estimate of drug-likeness (QED) is 0.520. The molecule has 3 aliphatic rings. The summed E-state index contributed by atoms with van der Waals surface area (Å²) in [6.07, 6.45) is 4.45. The predicted octanol–water partition coefficient (Wildman–Crippen LogP) is 1.14. The Labute approximate surface area is 65.9 Å². The van der Waals surface area contributed by atoms with Gasteiger partial charge in [-0.3, -0.25) is 4.79 Å². The Morgan fingerprint density at radius 1 is 1.55 bits per heavy atom. The van der Waals surface area contributed by atoms with Crippen molar-refractivity contribution in [3.05, 3.63) is 0 Å². The Morgan fingerprint density at radius 3 is 3.18 bits per heavy atom. The molecule has 1 saturated heterocycles. The van der Waals surface area contributed by atoms with E-state index in [2.05, 4.69) is 0 Å². The zero-order valence-corrected chi connectivity index (χ0v) is 6.51. The molecule has 0 aromatic heterocycles. The van der Waals surface area contributed by atoms with Crippen molar-refractivity contribution in [1.29, 1.82) is 0 Å². The summed E-state index contributed by atoms with van der Waals surface area (Å²) in [5.74, 6) is 1.11. The van der Waals surface area contributed by atoms with Crippen molar-refractivity contribution in [2.45, 2.75) is 31.8 Å². The highest BCUT2D eigenvalue weighted by Crippen LogP contribution is 2.64. The Kier molecular flexibility index (Phi) is 0.947. The maximum Gasteiger partial charge on any atom is 0.142 e. The summed E-state index contributed by atoms with van der Waals surface area (Å²) in [5.41, 5.74) is 0.0538. The van der Waals surface area contributed by atoms with Crippen LogP contribution in [0.2, 0.25) is 0 Å². The van der Waals surface area contributed by atoms with E-state index in [4.69, 9.17) is 4.74 Å². The molecule has 0 amide bonds. The summed E-state index contributed by atoms with van der Waals surface area (Å²) in [7, 11) is 0. The molecule has 0 radical (unpaired) electrons. The smallest absolute Gasteiger partial charge is 0.142 e. The number of Topliss-reactive ketones (excluding diaryl/α,β-unsaturated/α-hetero) is 1. The van der Waals surface area contributed by atoms with Gasteiger partial charge < -0.3 is 4.74 Å². The van der Waals surface area contributed by atoms with E-state index in [1.165, 1.54) is 0 Å². The molecule has 60 valence electrons. The van der Waals surface area contributed by atoms with Crippen LogP contribution in [0.4, 0.5) is 0 Å². The topological polar surface area (TPSA) is 26.3 Å². The Hall–Kier alpha value is -0.370. The largest absolute Gasteiger partial charge is 0.377 e. The Morgan fingerprint density at radius 2 is 2.45 bits per heavy atom. The number of carbonyl (C=O) groups excluding carboxylic acids is 1. The second-order valence-electron chi connectivity index (χ2n) is 4.08. The highest BCUT2D eigenvalue weighted by molar-refractivity contribution is 5.90. The number of ether oxygens (including phenoxy) is 1. The molecule has 2 heteroatoms. The molecule has 0 N–H and O–H groups in total. The standard InChI is InChI=1S/C9H12O2/c10-7-2-1-3-8-9(7)4-6(9)5-11-8/h6,8H,1-5H2/t6-,8-,9-/m0/s1. The zero-order chi connectivity index (χ0) is 7.47. The molecule has 0 unspecified atom stereocenters. The second kappa shape index (κ2) is 1.69. The summed E-state index contributed by atoms with van der Waals surface area (Å²) in [6.45, 7) is 0.858. The van der Waals surface area contributed by atoms with Crippen molar-refractivity contribution < 1.29 is 9.53 Å². The molecular formula is C9H12O2. The first-order valence-corrected chi connectivity index (χ1v) is 4.49. The molecule has 3 rings (SSSR count). The van der Waals surface area contributed by atoms with Crippen molar-refractivity contribution in [2.24, 2.45) is 11.3 Å². The molecule has 1 spiro atoms. The van der Waals surface area contributed by atoms with Crippen LogP contribution in [-0.4, -0.2) is 18.5 Å². The minimum absolute atomic E-state index is 0.0538. The number of hydrogen-bond acceptors (Lipinski definition) is 2. The van der Waals surface area contributed by atoms with Crippen LogP contribution in [0, 0.1) is 11.3 Å². The fraction of sp³-hybridized carbons (Fsp3) is 0.889. The Balaban J connectivity index is 1.98. The van der Waals surface area contributed by atoms with Crippen LogP contribution >= 0.6 is 0 Å².